The van der Waals surface area contributed by atoms with Gasteiger partial charge in [-0.3, -0.25) is 18.6 Å². The Hall–Kier alpha value is -1.29. The van der Waals surface area contributed by atoms with Gasteiger partial charge in [-0.1, -0.05) is 45.3 Å². The van der Waals surface area contributed by atoms with Crippen molar-refractivity contribution >= 4 is 19.8 Å². The van der Waals surface area contributed by atoms with Gasteiger partial charge in [0.2, 0.25) is 0 Å². The molecule has 0 aromatic heterocycles. The molecule has 0 saturated carbocycles. The lowest BCUT2D eigenvalue weighted by Gasteiger charge is -2.20. The molecule has 0 aliphatic carbocycles. The Labute approximate surface area is 177 Å². The molecule has 0 bridgehead atoms. The monoisotopic (exact) mass is 454 g/mol. The van der Waals surface area contributed by atoms with Gasteiger partial charge in [-0.05, 0) is 12.8 Å². The van der Waals surface area contributed by atoms with E-state index in [2.05, 4.69) is 11.4 Å². The molecule has 11 heteroatoms. The Morgan fingerprint density at radius 2 is 1.67 bits per heavy atom. The summed E-state index contributed by atoms with van der Waals surface area (Å²) in [7, 11) is -4.57. The van der Waals surface area contributed by atoms with Gasteiger partial charge < -0.3 is 24.6 Å². The number of allylic oxidation sites excluding steroid dienone is 1. The van der Waals surface area contributed by atoms with Crippen LogP contribution < -0.4 is 0 Å². The second kappa shape index (κ2) is 17.4. The minimum atomic E-state index is -4.57. The van der Waals surface area contributed by atoms with E-state index in [1.54, 1.807) is 6.08 Å². The summed E-state index contributed by atoms with van der Waals surface area (Å²) in [5.74, 6) is -1.09. The van der Waals surface area contributed by atoms with Gasteiger partial charge in [0.1, 0.15) is 12.7 Å². The smallest absolute Gasteiger partial charge is 0.461 e. The van der Waals surface area contributed by atoms with Gasteiger partial charge in [0.25, 0.3) is 0 Å². The van der Waals surface area contributed by atoms with Crippen molar-refractivity contribution in [2.45, 2.75) is 71.0 Å². The summed E-state index contributed by atoms with van der Waals surface area (Å²) in [6.45, 7) is 1.80. The third-order valence-electron chi connectivity index (χ3n) is 3.70. The molecule has 3 N–H and O–H groups in total. The maximum absolute atomic E-state index is 11.9. The first-order valence-corrected chi connectivity index (χ1v) is 11.6. The van der Waals surface area contributed by atoms with Crippen molar-refractivity contribution in [1.29, 1.82) is 0 Å². The number of aliphatic hydroxyl groups excluding tert-OH is 2. The predicted octanol–water partition coefficient (Wildman–Crippen LogP) is 2.25. The summed E-state index contributed by atoms with van der Waals surface area (Å²) in [6, 6.07) is 0. The molecule has 0 rings (SSSR count). The van der Waals surface area contributed by atoms with Crippen LogP contribution in [0.25, 0.3) is 0 Å². The van der Waals surface area contributed by atoms with Crippen molar-refractivity contribution in [2.24, 2.45) is 0 Å². The highest BCUT2D eigenvalue weighted by atomic mass is 31.2. The molecule has 0 aliphatic rings. The fourth-order valence-electron chi connectivity index (χ4n) is 1.99. The maximum Gasteiger partial charge on any atom is 0.472 e. The predicted molar refractivity (Wildman–Crippen MR) is 108 cm³/mol. The maximum atomic E-state index is 11.9. The van der Waals surface area contributed by atoms with E-state index in [0.717, 1.165) is 25.7 Å². The van der Waals surface area contributed by atoms with E-state index in [1.165, 1.54) is 0 Å². The van der Waals surface area contributed by atoms with Crippen molar-refractivity contribution in [3.63, 3.8) is 0 Å². The average molecular weight is 454 g/mol. The van der Waals surface area contributed by atoms with Crippen LogP contribution in [0.4, 0.5) is 0 Å². The lowest BCUT2D eigenvalue weighted by molar-refractivity contribution is -0.160. The van der Waals surface area contributed by atoms with E-state index in [-0.39, 0.29) is 19.4 Å². The number of phosphoric acid groups is 1. The zero-order valence-electron chi connectivity index (χ0n) is 17.7. The van der Waals surface area contributed by atoms with Crippen LogP contribution in [0, 0.1) is 0 Å². The number of hydrogen-bond acceptors (Lipinski definition) is 9. The minimum absolute atomic E-state index is 0.0573. The lowest BCUT2D eigenvalue weighted by atomic mass is 10.2. The van der Waals surface area contributed by atoms with Crippen molar-refractivity contribution in [1.82, 2.24) is 0 Å². The number of unbranched alkanes of at least 4 members (excludes halogenated alkanes) is 3. The second-order valence-electron chi connectivity index (χ2n) is 6.61. The average Bonchev–Trinajstić information content (AvgIpc) is 2.72. The number of carbonyl (C=O) groups is 2. The molecule has 0 spiro atoms. The van der Waals surface area contributed by atoms with E-state index in [4.69, 9.17) is 24.2 Å². The summed E-state index contributed by atoms with van der Waals surface area (Å²) in [5, 5.41) is 17.9. The highest BCUT2D eigenvalue weighted by molar-refractivity contribution is 7.47. The molecule has 0 aromatic carbocycles. The third-order valence-corrected chi connectivity index (χ3v) is 4.65. The van der Waals surface area contributed by atoms with Crippen molar-refractivity contribution < 1.29 is 47.8 Å². The van der Waals surface area contributed by atoms with Gasteiger partial charge in [-0.15, -0.1) is 0 Å². The molecule has 176 valence electrons. The first kappa shape index (κ1) is 28.7. The Morgan fingerprint density at radius 3 is 2.30 bits per heavy atom. The Bertz CT molecular complexity index is 551. The zero-order valence-corrected chi connectivity index (χ0v) is 18.6. The van der Waals surface area contributed by atoms with Gasteiger partial charge >= 0.3 is 19.8 Å². The van der Waals surface area contributed by atoms with Gasteiger partial charge in [0.05, 0.1) is 26.2 Å². The fourth-order valence-corrected chi connectivity index (χ4v) is 2.78. The van der Waals surface area contributed by atoms with E-state index in [1.807, 2.05) is 13.0 Å². The molecule has 0 fully saturated rings. The number of hydrogen-bond donors (Lipinski definition) is 3. The number of aliphatic hydroxyl groups is 2. The zero-order chi connectivity index (χ0) is 22.8. The molecule has 0 heterocycles. The van der Waals surface area contributed by atoms with Crippen molar-refractivity contribution in [3.05, 3.63) is 12.2 Å². The first-order chi connectivity index (χ1) is 14.2. The molecule has 10 nitrogen and oxygen atoms in total. The quantitative estimate of drug-likeness (QED) is 0.122. The molecule has 30 heavy (non-hydrogen) atoms. The van der Waals surface area contributed by atoms with Crippen molar-refractivity contribution in [2.75, 3.05) is 26.4 Å². The topological polar surface area (TPSA) is 149 Å². The van der Waals surface area contributed by atoms with E-state index in [0.29, 0.717) is 6.42 Å². The number of rotatable bonds is 18. The minimum Gasteiger partial charge on any atom is -0.461 e. The van der Waals surface area contributed by atoms with E-state index < -0.39 is 51.8 Å². The van der Waals surface area contributed by atoms with Gasteiger partial charge in [-0.25, -0.2) is 4.57 Å². The number of ether oxygens (including phenoxy) is 2. The summed E-state index contributed by atoms with van der Waals surface area (Å²) >= 11 is 0. The van der Waals surface area contributed by atoms with Crippen LogP contribution in [0.5, 0.6) is 0 Å². The second-order valence-corrected chi connectivity index (χ2v) is 8.07. The van der Waals surface area contributed by atoms with Crippen LogP contribution in [0.15, 0.2) is 12.2 Å². The number of esters is 2. The molecule has 3 atom stereocenters. The van der Waals surface area contributed by atoms with Gasteiger partial charge in [-0.2, -0.15) is 0 Å². The van der Waals surface area contributed by atoms with E-state index >= 15 is 0 Å². The first-order valence-electron chi connectivity index (χ1n) is 10.1. The van der Waals surface area contributed by atoms with Gasteiger partial charge in [0, 0.05) is 6.42 Å². The Balaban J connectivity index is 4.63. The highest BCUT2D eigenvalue weighted by Gasteiger charge is 2.26. The highest BCUT2D eigenvalue weighted by Crippen LogP contribution is 2.43. The summed E-state index contributed by atoms with van der Waals surface area (Å²) in [5.41, 5.74) is 0. The molecule has 0 saturated heterocycles. The molecule has 0 aromatic rings. The number of phosphoric ester groups is 1. The van der Waals surface area contributed by atoms with E-state index in [9.17, 15) is 19.0 Å². The summed E-state index contributed by atoms with van der Waals surface area (Å²) in [4.78, 5) is 33.3. The Kier molecular flexibility index (Phi) is 16.6. The molecule has 0 aliphatic heterocycles. The summed E-state index contributed by atoms with van der Waals surface area (Å²) < 4.78 is 31.4. The SMILES string of the molecule is CCCC/C=C\CC(=O)OC[C@H](COP(=O)(O)OC[C@@H](O)CO)OC(=O)CCCC. The fraction of sp³-hybridized carbons (Fsp3) is 0.789. The van der Waals surface area contributed by atoms with Crippen LogP contribution in [0.3, 0.4) is 0 Å². The molecule has 0 amide bonds. The van der Waals surface area contributed by atoms with Crippen LogP contribution in [0.2, 0.25) is 0 Å². The van der Waals surface area contributed by atoms with Gasteiger partial charge in [0.15, 0.2) is 6.10 Å². The van der Waals surface area contributed by atoms with Crippen LogP contribution in [0.1, 0.15) is 58.8 Å². The number of carbonyl (C=O) groups excluding carboxylic acids is 2. The van der Waals surface area contributed by atoms with Crippen molar-refractivity contribution in [3.8, 4) is 0 Å². The normalized spacial score (nSPS) is 15.5. The Morgan fingerprint density at radius 1 is 1.00 bits per heavy atom. The molecule has 0 radical (unpaired) electrons. The lowest BCUT2D eigenvalue weighted by Crippen LogP contribution is -2.29. The van der Waals surface area contributed by atoms with Crippen LogP contribution >= 0.6 is 7.82 Å². The third kappa shape index (κ3) is 16.5. The standard InChI is InChI=1S/C19H35O10P/c1-3-5-7-8-9-11-18(22)26-14-17(29-19(23)10-6-4-2)15-28-30(24,25)27-13-16(21)12-20/h8-9,16-17,20-21H,3-7,10-15H2,1-2H3,(H,24,25)/b9-8-/t16-,17+/m0/s1. The van der Waals surface area contributed by atoms with Crippen LogP contribution in [-0.2, 0) is 32.7 Å². The largest absolute Gasteiger partial charge is 0.472 e. The van der Waals surface area contributed by atoms with Crippen LogP contribution in [-0.4, -0.2) is 65.7 Å². The molecular weight excluding hydrogens is 419 g/mol. The summed E-state index contributed by atoms with van der Waals surface area (Å²) in [6.07, 6.45) is 5.67. The molecular formula is C19H35O10P. The molecule has 1 unspecified atom stereocenters.